The van der Waals surface area contributed by atoms with E-state index in [-0.39, 0.29) is 29.8 Å². The lowest BCUT2D eigenvalue weighted by molar-refractivity contribution is -0.120. The molecule has 0 spiro atoms. The number of carbonyl (C=O) groups is 3. The maximum Gasteiger partial charge on any atom is 0.335 e. The minimum absolute atomic E-state index is 0.0367. The third-order valence-electron chi connectivity index (χ3n) is 5.38. The van der Waals surface area contributed by atoms with E-state index < -0.39 is 29.6 Å². The number of carbonyl (C=O) groups excluding carboxylic acids is 2. The number of hydrogen-bond donors (Lipinski definition) is 2. The third kappa shape index (κ3) is 4.84. The van der Waals surface area contributed by atoms with Crippen LogP contribution in [0.25, 0.3) is 0 Å². The maximum atomic E-state index is 13.8. The standard InChI is InChI=1S/C24H17Cl2FN2O4/c25-18-8-3-14(9-19(18)26)10-21-22(30)28-20-11-16(27)6-7-17(20)23(31)29(21)12-13-1-4-15(5-2-13)24(32)33/h1-9,11,21H,10,12H2,(H,28,30)(H,32,33). The van der Waals surface area contributed by atoms with Crippen molar-refractivity contribution in [1.82, 2.24) is 4.90 Å². The predicted octanol–water partition coefficient (Wildman–Crippen LogP) is 5.04. The highest BCUT2D eigenvalue weighted by Gasteiger charge is 2.35. The van der Waals surface area contributed by atoms with E-state index in [9.17, 15) is 18.8 Å². The quantitative estimate of drug-likeness (QED) is 0.528. The van der Waals surface area contributed by atoms with Gasteiger partial charge in [0, 0.05) is 13.0 Å². The van der Waals surface area contributed by atoms with Crippen LogP contribution in [-0.4, -0.2) is 33.8 Å². The number of aromatic carboxylic acids is 1. The predicted molar refractivity (Wildman–Crippen MR) is 122 cm³/mol. The van der Waals surface area contributed by atoms with Crippen molar-refractivity contribution in [3.8, 4) is 0 Å². The van der Waals surface area contributed by atoms with Crippen LogP contribution >= 0.6 is 23.2 Å². The normalized spacial score (nSPS) is 15.6. The van der Waals surface area contributed by atoms with Crippen molar-refractivity contribution in [2.45, 2.75) is 19.0 Å². The van der Waals surface area contributed by atoms with E-state index in [1.165, 1.54) is 23.1 Å². The molecule has 1 unspecified atom stereocenters. The molecule has 0 aromatic heterocycles. The minimum atomic E-state index is -1.07. The van der Waals surface area contributed by atoms with Gasteiger partial charge in [0.2, 0.25) is 5.91 Å². The van der Waals surface area contributed by atoms with Gasteiger partial charge in [0.1, 0.15) is 11.9 Å². The SMILES string of the molecule is O=C(O)c1ccc(CN2C(=O)c3ccc(F)cc3NC(=O)C2Cc2ccc(Cl)c(Cl)c2)cc1. The Kier molecular flexibility index (Phi) is 6.35. The summed E-state index contributed by atoms with van der Waals surface area (Å²) < 4.78 is 13.8. The summed E-state index contributed by atoms with van der Waals surface area (Å²) in [6.07, 6.45) is 0.137. The van der Waals surface area contributed by atoms with Crippen molar-refractivity contribution in [1.29, 1.82) is 0 Å². The van der Waals surface area contributed by atoms with E-state index in [1.807, 2.05) is 0 Å². The lowest BCUT2D eigenvalue weighted by atomic mass is 10.0. The van der Waals surface area contributed by atoms with Crippen LogP contribution in [0.5, 0.6) is 0 Å². The molecule has 3 aromatic rings. The Morgan fingerprint density at radius 3 is 2.33 bits per heavy atom. The molecule has 0 fully saturated rings. The molecule has 0 saturated carbocycles. The summed E-state index contributed by atoms with van der Waals surface area (Å²) in [5.74, 6) is -2.60. The van der Waals surface area contributed by atoms with Crippen LogP contribution in [0.1, 0.15) is 31.8 Å². The highest BCUT2D eigenvalue weighted by molar-refractivity contribution is 6.42. The first-order chi connectivity index (χ1) is 15.7. The van der Waals surface area contributed by atoms with Crippen LogP contribution in [0.15, 0.2) is 60.7 Å². The van der Waals surface area contributed by atoms with Gasteiger partial charge in [-0.3, -0.25) is 9.59 Å². The first-order valence-corrected chi connectivity index (χ1v) is 10.7. The van der Waals surface area contributed by atoms with Gasteiger partial charge in [-0.2, -0.15) is 0 Å². The Hall–Kier alpha value is -3.42. The molecule has 33 heavy (non-hydrogen) atoms. The molecule has 0 saturated heterocycles. The van der Waals surface area contributed by atoms with Crippen LogP contribution in [0.2, 0.25) is 10.0 Å². The van der Waals surface area contributed by atoms with Crippen LogP contribution < -0.4 is 5.32 Å². The number of nitrogens with zero attached hydrogens (tertiary/aromatic N) is 1. The average molecular weight is 487 g/mol. The Bertz CT molecular complexity index is 1260. The smallest absolute Gasteiger partial charge is 0.335 e. The van der Waals surface area contributed by atoms with Gasteiger partial charge in [0.05, 0.1) is 26.9 Å². The maximum absolute atomic E-state index is 13.8. The van der Waals surface area contributed by atoms with E-state index in [0.717, 1.165) is 12.1 Å². The summed E-state index contributed by atoms with van der Waals surface area (Å²) in [4.78, 5) is 39.2. The molecular formula is C24H17Cl2FN2O4. The number of nitrogens with one attached hydrogen (secondary N) is 1. The number of carboxylic acid groups (broad SMARTS) is 1. The van der Waals surface area contributed by atoms with Gasteiger partial charge in [-0.1, -0.05) is 41.4 Å². The fourth-order valence-electron chi connectivity index (χ4n) is 3.68. The number of benzene rings is 3. The van der Waals surface area contributed by atoms with Crippen molar-refractivity contribution in [3.63, 3.8) is 0 Å². The minimum Gasteiger partial charge on any atom is -0.478 e. The zero-order valence-corrected chi connectivity index (χ0v) is 18.5. The molecular weight excluding hydrogens is 470 g/mol. The molecule has 0 aliphatic carbocycles. The van der Waals surface area contributed by atoms with Crippen molar-refractivity contribution >= 4 is 46.7 Å². The molecule has 3 aromatic carbocycles. The van der Waals surface area contributed by atoms with Gasteiger partial charge in [0.15, 0.2) is 0 Å². The molecule has 2 N–H and O–H groups in total. The Balaban J connectivity index is 1.73. The van der Waals surface area contributed by atoms with Gasteiger partial charge in [-0.15, -0.1) is 0 Å². The van der Waals surface area contributed by atoms with Gasteiger partial charge in [0.25, 0.3) is 5.91 Å². The summed E-state index contributed by atoms with van der Waals surface area (Å²) in [5, 5.41) is 12.5. The molecule has 1 aliphatic rings. The summed E-state index contributed by atoms with van der Waals surface area (Å²) in [6.45, 7) is 0.0367. The highest BCUT2D eigenvalue weighted by atomic mass is 35.5. The van der Waals surface area contributed by atoms with Crippen molar-refractivity contribution in [2.75, 3.05) is 5.32 Å². The molecule has 0 radical (unpaired) electrons. The van der Waals surface area contributed by atoms with Crippen LogP contribution in [0, 0.1) is 5.82 Å². The van der Waals surface area contributed by atoms with E-state index in [2.05, 4.69) is 5.32 Å². The number of hydrogen-bond acceptors (Lipinski definition) is 3. The van der Waals surface area contributed by atoms with Gasteiger partial charge in [-0.05, 0) is 53.6 Å². The van der Waals surface area contributed by atoms with Gasteiger partial charge in [-0.25, -0.2) is 9.18 Å². The molecule has 1 heterocycles. The highest BCUT2D eigenvalue weighted by Crippen LogP contribution is 2.29. The zero-order chi connectivity index (χ0) is 23.7. The van der Waals surface area contributed by atoms with Crippen molar-refractivity contribution in [3.05, 3.63) is 98.8 Å². The number of amides is 2. The number of rotatable bonds is 5. The molecule has 9 heteroatoms. The second-order valence-corrected chi connectivity index (χ2v) is 8.40. The summed E-state index contributed by atoms with van der Waals surface area (Å²) in [6, 6.07) is 13.6. The van der Waals surface area contributed by atoms with Crippen molar-refractivity contribution in [2.24, 2.45) is 0 Å². The van der Waals surface area contributed by atoms with E-state index in [1.54, 1.807) is 30.3 Å². The second-order valence-electron chi connectivity index (χ2n) is 7.58. The van der Waals surface area contributed by atoms with Gasteiger partial charge < -0.3 is 15.3 Å². The van der Waals surface area contributed by atoms with E-state index >= 15 is 0 Å². The zero-order valence-electron chi connectivity index (χ0n) is 17.0. The van der Waals surface area contributed by atoms with Crippen LogP contribution in [0.4, 0.5) is 10.1 Å². The van der Waals surface area contributed by atoms with Gasteiger partial charge >= 0.3 is 5.97 Å². The van der Waals surface area contributed by atoms with E-state index in [0.29, 0.717) is 21.2 Å². The third-order valence-corrected chi connectivity index (χ3v) is 6.12. The lowest BCUT2D eigenvalue weighted by Crippen LogP contribution is -2.46. The van der Waals surface area contributed by atoms with E-state index in [4.69, 9.17) is 28.3 Å². The lowest BCUT2D eigenvalue weighted by Gasteiger charge is -2.29. The molecule has 0 bridgehead atoms. The fraction of sp³-hybridized carbons (Fsp3) is 0.125. The monoisotopic (exact) mass is 486 g/mol. The average Bonchev–Trinajstić information content (AvgIpc) is 2.86. The topological polar surface area (TPSA) is 86.7 Å². The molecule has 4 rings (SSSR count). The summed E-state index contributed by atoms with van der Waals surface area (Å²) in [7, 11) is 0. The Labute approximate surface area is 198 Å². The molecule has 1 atom stereocenters. The largest absolute Gasteiger partial charge is 0.478 e. The van der Waals surface area contributed by atoms with Crippen molar-refractivity contribution < 1.29 is 23.9 Å². The Morgan fingerprint density at radius 2 is 1.67 bits per heavy atom. The van der Waals surface area contributed by atoms with Crippen LogP contribution in [-0.2, 0) is 17.8 Å². The summed E-state index contributed by atoms with van der Waals surface area (Å²) >= 11 is 12.1. The number of anilines is 1. The number of fused-ring (bicyclic) bond motifs is 1. The number of halogens is 3. The summed E-state index contributed by atoms with van der Waals surface area (Å²) in [5.41, 5.74) is 1.66. The Morgan fingerprint density at radius 1 is 0.970 bits per heavy atom. The first kappa shape index (κ1) is 22.8. The molecule has 1 aliphatic heterocycles. The molecule has 6 nitrogen and oxygen atoms in total. The molecule has 2 amide bonds. The van der Waals surface area contributed by atoms with Crippen LogP contribution in [0.3, 0.4) is 0 Å². The molecule has 168 valence electrons. The fourth-order valence-corrected chi connectivity index (χ4v) is 4.01. The first-order valence-electron chi connectivity index (χ1n) is 9.90. The second kappa shape index (κ2) is 9.21. The number of carboxylic acids is 1.